The van der Waals surface area contributed by atoms with Crippen LogP contribution in [0.15, 0.2) is 15.9 Å². The molecule has 2 heterocycles. The first kappa shape index (κ1) is 15.0. The van der Waals surface area contributed by atoms with E-state index < -0.39 is 0 Å². The molecule has 1 aliphatic carbocycles. The van der Waals surface area contributed by atoms with Gasteiger partial charge >= 0.3 is 0 Å². The monoisotopic (exact) mass is 357 g/mol. The summed E-state index contributed by atoms with van der Waals surface area (Å²) in [4.78, 5) is 4.08. The third-order valence-corrected chi connectivity index (χ3v) is 6.60. The highest BCUT2D eigenvalue weighted by atomic mass is 79.9. The average Bonchev–Trinajstić information content (AvgIpc) is 2.86. The zero-order valence-corrected chi connectivity index (χ0v) is 14.3. The maximum atomic E-state index is 10.4. The van der Waals surface area contributed by atoms with E-state index in [1.807, 2.05) is 11.3 Å². The number of likely N-dealkylation sites (tertiary alicyclic amines) is 1. The summed E-state index contributed by atoms with van der Waals surface area (Å²) < 4.78 is 1.20. The van der Waals surface area contributed by atoms with Crippen LogP contribution in [0.4, 0.5) is 0 Å². The molecule has 1 N–H and O–H groups in total. The number of hydrogen-bond donors (Lipinski definition) is 1. The summed E-state index contributed by atoms with van der Waals surface area (Å²) >= 11 is 5.39. The van der Waals surface area contributed by atoms with Gasteiger partial charge in [0.2, 0.25) is 0 Å². The van der Waals surface area contributed by atoms with Crippen molar-refractivity contribution in [1.82, 2.24) is 4.90 Å². The van der Waals surface area contributed by atoms with Gasteiger partial charge in [0, 0.05) is 33.2 Å². The molecule has 0 amide bonds. The van der Waals surface area contributed by atoms with Gasteiger partial charge in [-0.3, -0.25) is 4.90 Å². The molecule has 3 rings (SSSR count). The molecule has 0 bridgehead atoms. The number of aliphatic hydroxyl groups excluding tert-OH is 1. The first-order chi connectivity index (χ1) is 9.74. The maximum absolute atomic E-state index is 10.4. The van der Waals surface area contributed by atoms with Gasteiger partial charge < -0.3 is 5.11 Å². The molecule has 1 saturated carbocycles. The molecule has 1 saturated heterocycles. The first-order valence-electron chi connectivity index (χ1n) is 7.89. The highest BCUT2D eigenvalue weighted by Crippen LogP contribution is 2.35. The molecule has 1 aromatic rings. The lowest BCUT2D eigenvalue weighted by atomic mass is 9.78. The van der Waals surface area contributed by atoms with Crippen LogP contribution >= 0.6 is 27.3 Å². The Morgan fingerprint density at radius 2 is 2.00 bits per heavy atom. The minimum absolute atomic E-state index is 0.0654. The second-order valence-electron chi connectivity index (χ2n) is 6.28. The van der Waals surface area contributed by atoms with Crippen molar-refractivity contribution in [3.63, 3.8) is 0 Å². The summed E-state index contributed by atoms with van der Waals surface area (Å²) in [6.45, 7) is 2.26. The van der Waals surface area contributed by atoms with E-state index in [0.29, 0.717) is 12.0 Å². The second-order valence-corrected chi connectivity index (χ2v) is 8.19. The van der Waals surface area contributed by atoms with Crippen LogP contribution in [0.1, 0.15) is 49.8 Å². The van der Waals surface area contributed by atoms with Crippen LogP contribution in [0.25, 0.3) is 0 Å². The summed E-state index contributed by atoms with van der Waals surface area (Å²) in [6, 6.07) is 2.84. The SMILES string of the molecule is OC1CCCCC1C1CCCCN1Cc1cc(Br)cs1. The van der Waals surface area contributed by atoms with Gasteiger partial charge in [-0.15, -0.1) is 11.3 Å². The molecule has 2 nitrogen and oxygen atoms in total. The van der Waals surface area contributed by atoms with E-state index in [1.165, 1.54) is 54.4 Å². The Hall–Kier alpha value is 0.1000. The first-order valence-corrected chi connectivity index (χ1v) is 9.56. The van der Waals surface area contributed by atoms with Crippen molar-refractivity contribution < 1.29 is 5.11 Å². The highest BCUT2D eigenvalue weighted by Gasteiger charge is 2.35. The quantitative estimate of drug-likeness (QED) is 0.865. The summed E-state index contributed by atoms with van der Waals surface area (Å²) in [5.41, 5.74) is 0. The minimum Gasteiger partial charge on any atom is -0.393 e. The van der Waals surface area contributed by atoms with Gasteiger partial charge in [-0.25, -0.2) is 0 Å². The van der Waals surface area contributed by atoms with Crippen LogP contribution in [0, 0.1) is 5.92 Å². The van der Waals surface area contributed by atoms with Gasteiger partial charge in [-0.2, -0.15) is 0 Å². The fraction of sp³-hybridized carbons (Fsp3) is 0.750. The van der Waals surface area contributed by atoms with E-state index >= 15 is 0 Å². The van der Waals surface area contributed by atoms with Gasteiger partial charge in [0.25, 0.3) is 0 Å². The van der Waals surface area contributed by atoms with Crippen LogP contribution < -0.4 is 0 Å². The molecule has 4 heteroatoms. The van der Waals surface area contributed by atoms with Crippen molar-refractivity contribution in [1.29, 1.82) is 0 Å². The summed E-state index contributed by atoms with van der Waals surface area (Å²) in [7, 11) is 0. The van der Waals surface area contributed by atoms with Gasteiger partial charge in [0.05, 0.1) is 6.10 Å². The number of halogens is 1. The lowest BCUT2D eigenvalue weighted by molar-refractivity contribution is -0.00827. The number of thiophene rings is 1. The van der Waals surface area contributed by atoms with Gasteiger partial charge in [0.1, 0.15) is 0 Å². The van der Waals surface area contributed by atoms with Crippen molar-refractivity contribution in [2.45, 2.75) is 63.6 Å². The largest absolute Gasteiger partial charge is 0.393 e. The molecule has 2 fully saturated rings. The molecule has 0 radical (unpaired) electrons. The van der Waals surface area contributed by atoms with E-state index in [4.69, 9.17) is 0 Å². The Kier molecular flexibility index (Phi) is 5.18. The van der Waals surface area contributed by atoms with Crippen molar-refractivity contribution in [2.75, 3.05) is 6.54 Å². The van der Waals surface area contributed by atoms with E-state index in [1.54, 1.807) is 0 Å². The summed E-state index contributed by atoms with van der Waals surface area (Å²) in [5, 5.41) is 12.5. The minimum atomic E-state index is -0.0654. The predicted molar refractivity (Wildman–Crippen MR) is 88.0 cm³/mol. The third kappa shape index (κ3) is 3.46. The molecule has 3 atom stereocenters. The number of nitrogens with zero attached hydrogens (tertiary/aromatic N) is 1. The van der Waals surface area contributed by atoms with Crippen LogP contribution in [0.3, 0.4) is 0 Å². The standard InChI is InChI=1S/C16H24BrNOS/c17-12-9-13(20-11-12)10-18-8-4-3-6-15(18)14-5-1-2-7-16(14)19/h9,11,14-16,19H,1-8,10H2. The zero-order valence-electron chi connectivity index (χ0n) is 11.9. The van der Waals surface area contributed by atoms with Crippen molar-refractivity contribution in [3.8, 4) is 0 Å². The van der Waals surface area contributed by atoms with Crippen molar-refractivity contribution in [3.05, 3.63) is 20.8 Å². The molecular formula is C16H24BrNOS. The van der Waals surface area contributed by atoms with E-state index in [2.05, 4.69) is 32.3 Å². The maximum Gasteiger partial charge on any atom is 0.0583 e. The molecule has 1 aliphatic heterocycles. The molecule has 3 unspecified atom stereocenters. The highest BCUT2D eigenvalue weighted by molar-refractivity contribution is 9.10. The van der Waals surface area contributed by atoms with Gasteiger partial charge in [-0.1, -0.05) is 19.3 Å². The smallest absolute Gasteiger partial charge is 0.0583 e. The van der Waals surface area contributed by atoms with Gasteiger partial charge in [-0.05, 0) is 54.2 Å². The lowest BCUT2D eigenvalue weighted by Crippen LogP contribution is -2.48. The molecule has 112 valence electrons. The van der Waals surface area contributed by atoms with E-state index in [-0.39, 0.29) is 6.10 Å². The molecule has 1 aromatic heterocycles. The Morgan fingerprint density at radius 3 is 2.75 bits per heavy atom. The van der Waals surface area contributed by atoms with Crippen LogP contribution in [-0.2, 0) is 6.54 Å². The van der Waals surface area contributed by atoms with E-state index in [9.17, 15) is 5.11 Å². The number of aliphatic hydroxyl groups is 1. The lowest BCUT2D eigenvalue weighted by Gasteiger charge is -2.43. The van der Waals surface area contributed by atoms with Crippen molar-refractivity contribution in [2.24, 2.45) is 5.92 Å². The third-order valence-electron chi connectivity index (χ3n) is 4.92. The fourth-order valence-electron chi connectivity index (χ4n) is 3.92. The number of hydrogen-bond acceptors (Lipinski definition) is 3. The van der Waals surface area contributed by atoms with Crippen LogP contribution in [-0.4, -0.2) is 28.7 Å². The normalized spacial score (nSPS) is 32.4. The molecule has 0 spiro atoms. The molecular weight excluding hydrogens is 334 g/mol. The second kappa shape index (κ2) is 6.91. The van der Waals surface area contributed by atoms with Gasteiger partial charge in [0.15, 0.2) is 0 Å². The Labute approximate surface area is 134 Å². The number of rotatable bonds is 3. The Balaban J connectivity index is 1.69. The van der Waals surface area contributed by atoms with E-state index in [0.717, 1.165) is 13.0 Å². The van der Waals surface area contributed by atoms with Crippen LogP contribution in [0.2, 0.25) is 0 Å². The van der Waals surface area contributed by atoms with Crippen molar-refractivity contribution >= 4 is 27.3 Å². The topological polar surface area (TPSA) is 23.5 Å². The summed E-state index contributed by atoms with van der Waals surface area (Å²) in [5.74, 6) is 0.507. The Morgan fingerprint density at radius 1 is 1.20 bits per heavy atom. The predicted octanol–water partition coefficient (Wildman–Crippen LogP) is 4.42. The average molecular weight is 358 g/mol. The molecule has 0 aromatic carbocycles. The summed E-state index contributed by atoms with van der Waals surface area (Å²) in [6.07, 6.45) is 8.59. The van der Waals surface area contributed by atoms with Crippen LogP contribution in [0.5, 0.6) is 0 Å². The fourth-order valence-corrected chi connectivity index (χ4v) is 5.40. The Bertz CT molecular complexity index is 436. The number of piperidine rings is 1. The molecule has 2 aliphatic rings. The zero-order chi connectivity index (χ0) is 13.9. The molecule has 20 heavy (non-hydrogen) atoms.